The highest BCUT2D eigenvalue weighted by Gasteiger charge is 2.25. The van der Waals surface area contributed by atoms with E-state index in [1.165, 1.54) is 36.4 Å². The van der Waals surface area contributed by atoms with Crippen molar-refractivity contribution >= 4 is 27.3 Å². The van der Waals surface area contributed by atoms with Gasteiger partial charge in [-0.15, -0.1) is 0 Å². The van der Waals surface area contributed by atoms with Gasteiger partial charge in [-0.1, -0.05) is 23.7 Å². The van der Waals surface area contributed by atoms with Crippen molar-refractivity contribution in [3.8, 4) is 0 Å². The van der Waals surface area contributed by atoms with Crippen LogP contribution in [0.1, 0.15) is 5.56 Å². The number of hydrogen-bond donors (Lipinski definition) is 0. The van der Waals surface area contributed by atoms with Crippen molar-refractivity contribution in [1.82, 2.24) is 0 Å². The highest BCUT2D eigenvalue weighted by molar-refractivity contribution is 7.92. The van der Waals surface area contributed by atoms with E-state index in [1.807, 2.05) is 0 Å². The molecule has 0 unspecified atom stereocenters. The van der Waals surface area contributed by atoms with Gasteiger partial charge in [0, 0.05) is 5.02 Å². The van der Waals surface area contributed by atoms with E-state index in [0.29, 0.717) is 10.6 Å². The van der Waals surface area contributed by atoms with Crippen LogP contribution in [0.15, 0.2) is 77.7 Å². The average Bonchev–Trinajstić information content (AvgIpc) is 2.61. The molecule has 3 nitrogen and oxygen atoms in total. The minimum Gasteiger partial charge on any atom is -0.262 e. The van der Waals surface area contributed by atoms with Gasteiger partial charge in [0.25, 0.3) is 10.0 Å². The molecule has 0 atom stereocenters. The van der Waals surface area contributed by atoms with Crippen LogP contribution in [-0.2, 0) is 16.6 Å². The normalized spacial score (nSPS) is 11.3. The van der Waals surface area contributed by atoms with E-state index >= 15 is 0 Å². The van der Waals surface area contributed by atoms with Crippen LogP contribution in [0.2, 0.25) is 5.02 Å². The second kappa shape index (κ2) is 7.43. The molecule has 0 heterocycles. The molecule has 134 valence electrons. The second-order valence-electron chi connectivity index (χ2n) is 5.57. The molecule has 3 rings (SSSR count). The number of rotatable bonds is 5. The molecule has 0 amide bonds. The highest BCUT2D eigenvalue weighted by Crippen LogP contribution is 2.27. The lowest BCUT2D eigenvalue weighted by molar-refractivity contribution is 0.589. The fourth-order valence-electron chi connectivity index (χ4n) is 2.46. The fraction of sp³-hybridized carbons (Fsp3) is 0.0526. The van der Waals surface area contributed by atoms with Gasteiger partial charge in [-0.05, 0) is 66.2 Å². The number of hydrogen-bond acceptors (Lipinski definition) is 2. The van der Waals surface area contributed by atoms with Gasteiger partial charge in [-0.25, -0.2) is 17.2 Å². The van der Waals surface area contributed by atoms with E-state index in [-0.39, 0.29) is 17.1 Å². The van der Waals surface area contributed by atoms with E-state index in [1.54, 1.807) is 24.3 Å². The van der Waals surface area contributed by atoms with Crippen LogP contribution >= 0.6 is 11.6 Å². The molecular weight excluding hydrogens is 380 g/mol. The molecule has 0 aliphatic rings. The topological polar surface area (TPSA) is 37.4 Å². The summed E-state index contributed by atoms with van der Waals surface area (Å²) in [7, 11) is -3.99. The van der Waals surface area contributed by atoms with Gasteiger partial charge < -0.3 is 0 Å². The zero-order valence-corrected chi connectivity index (χ0v) is 15.0. The van der Waals surface area contributed by atoms with E-state index in [0.717, 1.165) is 16.4 Å². The van der Waals surface area contributed by atoms with Crippen molar-refractivity contribution in [2.75, 3.05) is 4.31 Å². The van der Waals surface area contributed by atoms with Gasteiger partial charge in [-0.3, -0.25) is 4.31 Å². The van der Waals surface area contributed by atoms with Crippen LogP contribution < -0.4 is 4.31 Å². The van der Waals surface area contributed by atoms with Gasteiger partial charge in [0.05, 0.1) is 17.1 Å². The lowest BCUT2D eigenvalue weighted by Gasteiger charge is -2.25. The number of nitrogens with zero attached hydrogens (tertiary/aromatic N) is 1. The molecule has 0 aliphatic heterocycles. The Morgan fingerprint density at radius 1 is 0.846 bits per heavy atom. The molecule has 0 bridgehead atoms. The molecule has 7 heteroatoms. The smallest absolute Gasteiger partial charge is 0.262 e. The molecule has 3 aromatic rings. The molecule has 26 heavy (non-hydrogen) atoms. The minimum atomic E-state index is -3.99. The van der Waals surface area contributed by atoms with Crippen molar-refractivity contribution in [1.29, 1.82) is 0 Å². The SMILES string of the molecule is O=S(=O)(c1ccc(F)cc1)N(Cc1cccc(Cl)c1)c1ccc(F)cc1. The summed E-state index contributed by atoms with van der Waals surface area (Å²) in [5, 5.41) is 0.473. The van der Waals surface area contributed by atoms with Crippen LogP contribution in [0.4, 0.5) is 14.5 Å². The third-order valence-corrected chi connectivity index (χ3v) is 5.75. The van der Waals surface area contributed by atoms with Crippen LogP contribution in [0, 0.1) is 11.6 Å². The van der Waals surface area contributed by atoms with Gasteiger partial charge in [-0.2, -0.15) is 0 Å². The molecule has 0 saturated heterocycles. The highest BCUT2D eigenvalue weighted by atomic mass is 35.5. The molecule has 0 aliphatic carbocycles. The maximum absolute atomic E-state index is 13.3. The minimum absolute atomic E-state index is 0.00803. The van der Waals surface area contributed by atoms with Crippen LogP contribution in [-0.4, -0.2) is 8.42 Å². The van der Waals surface area contributed by atoms with Crippen molar-refractivity contribution in [3.05, 3.63) is 95.0 Å². The monoisotopic (exact) mass is 393 g/mol. The Morgan fingerprint density at radius 2 is 1.42 bits per heavy atom. The lowest BCUT2D eigenvalue weighted by Crippen LogP contribution is -2.30. The van der Waals surface area contributed by atoms with Crippen molar-refractivity contribution < 1.29 is 17.2 Å². The first kappa shape index (κ1) is 18.4. The predicted molar refractivity (Wildman–Crippen MR) is 97.6 cm³/mol. The van der Waals surface area contributed by atoms with E-state index in [4.69, 9.17) is 11.6 Å². The maximum Gasteiger partial charge on any atom is 0.264 e. The van der Waals surface area contributed by atoms with Gasteiger partial charge >= 0.3 is 0 Å². The van der Waals surface area contributed by atoms with Crippen LogP contribution in [0.25, 0.3) is 0 Å². The third kappa shape index (κ3) is 4.03. The molecular formula is C19H14ClF2NO2S. The van der Waals surface area contributed by atoms with E-state index in [2.05, 4.69) is 0 Å². The summed E-state index contributed by atoms with van der Waals surface area (Å²) in [6.45, 7) is -0.00803. The van der Waals surface area contributed by atoms with Crippen molar-refractivity contribution in [2.45, 2.75) is 11.4 Å². The summed E-state index contributed by atoms with van der Waals surface area (Å²) in [6, 6.07) is 16.4. The molecule has 0 aromatic heterocycles. The van der Waals surface area contributed by atoms with E-state index < -0.39 is 21.7 Å². The van der Waals surface area contributed by atoms with Crippen molar-refractivity contribution in [2.24, 2.45) is 0 Å². The molecule has 0 fully saturated rings. The van der Waals surface area contributed by atoms with Crippen LogP contribution in [0.5, 0.6) is 0 Å². The average molecular weight is 394 g/mol. The summed E-state index contributed by atoms with van der Waals surface area (Å²) in [6.07, 6.45) is 0. The maximum atomic E-state index is 13.3. The first-order chi connectivity index (χ1) is 12.4. The van der Waals surface area contributed by atoms with Crippen molar-refractivity contribution in [3.63, 3.8) is 0 Å². The standard InChI is InChI=1S/C19H14ClF2NO2S/c20-15-3-1-2-14(12-15)13-23(18-8-4-16(21)5-9-18)26(24,25)19-10-6-17(22)7-11-19/h1-12H,13H2. The summed E-state index contributed by atoms with van der Waals surface area (Å²) < 4.78 is 53.8. The molecule has 0 radical (unpaired) electrons. The summed E-state index contributed by atoms with van der Waals surface area (Å²) in [5.41, 5.74) is 0.947. The van der Waals surface area contributed by atoms with Gasteiger partial charge in [0.2, 0.25) is 0 Å². The fourth-order valence-corrected chi connectivity index (χ4v) is 4.12. The predicted octanol–water partition coefficient (Wildman–Crippen LogP) is 5.01. The summed E-state index contributed by atoms with van der Waals surface area (Å²) in [5.74, 6) is -1.01. The summed E-state index contributed by atoms with van der Waals surface area (Å²) in [4.78, 5) is -0.0646. The van der Waals surface area contributed by atoms with Crippen LogP contribution in [0.3, 0.4) is 0 Å². The molecule has 0 N–H and O–H groups in total. The lowest BCUT2D eigenvalue weighted by atomic mass is 10.2. The largest absolute Gasteiger partial charge is 0.264 e. The number of sulfonamides is 1. The van der Waals surface area contributed by atoms with Gasteiger partial charge in [0.1, 0.15) is 11.6 Å². The van der Waals surface area contributed by atoms with E-state index in [9.17, 15) is 17.2 Å². The van der Waals surface area contributed by atoms with Gasteiger partial charge in [0.15, 0.2) is 0 Å². The Bertz CT molecular complexity index is 1010. The Labute approximate surface area is 155 Å². The second-order valence-corrected chi connectivity index (χ2v) is 7.87. The number of benzene rings is 3. The molecule has 0 spiro atoms. The zero-order chi connectivity index (χ0) is 18.7. The Morgan fingerprint density at radius 3 is 2.00 bits per heavy atom. The summed E-state index contributed by atoms with van der Waals surface area (Å²) >= 11 is 5.98. The third-order valence-electron chi connectivity index (χ3n) is 3.73. The number of halogens is 3. The Hall–Kier alpha value is -2.44. The zero-order valence-electron chi connectivity index (χ0n) is 13.4. The number of anilines is 1. The first-order valence-electron chi connectivity index (χ1n) is 7.64. The first-order valence-corrected chi connectivity index (χ1v) is 9.46. The molecule has 0 saturated carbocycles. The Kier molecular flexibility index (Phi) is 5.25. The Balaban J connectivity index is 2.07. The quantitative estimate of drug-likeness (QED) is 0.610. The molecule has 3 aromatic carbocycles.